The molecule has 0 aliphatic carbocycles. The van der Waals surface area contributed by atoms with Gasteiger partial charge in [0.15, 0.2) is 0 Å². The van der Waals surface area contributed by atoms with Crippen LogP contribution in [0.3, 0.4) is 0 Å². The van der Waals surface area contributed by atoms with E-state index in [9.17, 15) is 0 Å². The number of hydrogen-bond acceptors (Lipinski definition) is 2. The van der Waals surface area contributed by atoms with Gasteiger partial charge >= 0.3 is 0 Å². The third kappa shape index (κ3) is 4.69. The van der Waals surface area contributed by atoms with Gasteiger partial charge in [-0.1, -0.05) is 25.2 Å². The summed E-state index contributed by atoms with van der Waals surface area (Å²) in [5, 5.41) is 3.38. The highest BCUT2D eigenvalue weighted by molar-refractivity contribution is 5.22. The van der Waals surface area contributed by atoms with E-state index in [1.807, 2.05) is 19.1 Å². The number of allylic oxidation sites excluding steroid dienone is 5. The van der Waals surface area contributed by atoms with Crippen molar-refractivity contribution in [2.24, 2.45) is 0 Å². The lowest BCUT2D eigenvalue weighted by atomic mass is 9.94. The molecule has 1 rings (SSSR count). The molecule has 1 N–H and O–H groups in total. The predicted octanol–water partition coefficient (Wildman–Crippen LogP) is 3.96. The maximum atomic E-state index is 6.30. The van der Waals surface area contributed by atoms with Crippen molar-refractivity contribution in [3.63, 3.8) is 0 Å². The summed E-state index contributed by atoms with van der Waals surface area (Å²) in [7, 11) is 0. The molecule has 18 heavy (non-hydrogen) atoms. The van der Waals surface area contributed by atoms with E-state index in [-0.39, 0.29) is 5.60 Å². The standard InChI is InChI=1S/C16H27NO/c1-5-7-8-9-15(14(3)6-2)18-16(4)10-12-17-13-11-16/h5,7-9,17H,6,10-13H2,1-4H3/b7-5-,9-8-,15-14?. The zero-order valence-electron chi connectivity index (χ0n) is 12.3. The fraction of sp³-hybridized carbons (Fsp3) is 0.625. The van der Waals surface area contributed by atoms with Crippen molar-refractivity contribution in [3.8, 4) is 0 Å². The highest BCUT2D eigenvalue weighted by atomic mass is 16.5. The molecule has 0 aromatic heterocycles. The zero-order valence-corrected chi connectivity index (χ0v) is 12.3. The van der Waals surface area contributed by atoms with Crippen molar-refractivity contribution in [1.82, 2.24) is 5.32 Å². The molecule has 0 spiro atoms. The van der Waals surface area contributed by atoms with E-state index < -0.39 is 0 Å². The van der Waals surface area contributed by atoms with Gasteiger partial charge < -0.3 is 10.1 Å². The molecular formula is C16H27NO. The lowest BCUT2D eigenvalue weighted by molar-refractivity contribution is -0.00272. The summed E-state index contributed by atoms with van der Waals surface area (Å²) in [5.74, 6) is 1.04. The summed E-state index contributed by atoms with van der Waals surface area (Å²) in [6, 6.07) is 0. The lowest BCUT2D eigenvalue weighted by Gasteiger charge is -2.35. The Bertz CT molecular complexity index is 333. The molecule has 1 aliphatic heterocycles. The van der Waals surface area contributed by atoms with Gasteiger partial charge in [0.1, 0.15) is 11.4 Å². The molecule has 0 saturated carbocycles. The van der Waals surface area contributed by atoms with E-state index in [0.29, 0.717) is 0 Å². The van der Waals surface area contributed by atoms with Gasteiger partial charge in [0.05, 0.1) is 0 Å². The van der Waals surface area contributed by atoms with Crippen LogP contribution >= 0.6 is 0 Å². The van der Waals surface area contributed by atoms with Crippen LogP contribution in [0.25, 0.3) is 0 Å². The molecule has 0 amide bonds. The van der Waals surface area contributed by atoms with Crippen LogP contribution in [0, 0.1) is 0 Å². The summed E-state index contributed by atoms with van der Waals surface area (Å²) in [6.45, 7) is 10.7. The zero-order chi connectivity index (χ0) is 13.4. The van der Waals surface area contributed by atoms with E-state index in [1.165, 1.54) is 5.57 Å². The van der Waals surface area contributed by atoms with Gasteiger partial charge in [-0.3, -0.25) is 0 Å². The first-order chi connectivity index (χ1) is 8.61. The Balaban J connectivity index is 2.78. The lowest BCUT2D eigenvalue weighted by Crippen LogP contribution is -2.41. The Morgan fingerprint density at radius 3 is 2.50 bits per heavy atom. The van der Waals surface area contributed by atoms with Gasteiger partial charge in [0.2, 0.25) is 0 Å². The smallest absolute Gasteiger partial charge is 0.119 e. The van der Waals surface area contributed by atoms with Crippen molar-refractivity contribution in [3.05, 3.63) is 35.6 Å². The van der Waals surface area contributed by atoms with Gasteiger partial charge in [-0.15, -0.1) is 0 Å². The maximum absolute atomic E-state index is 6.30. The Kier molecular flexibility index (Phi) is 6.20. The minimum absolute atomic E-state index is 0.0166. The van der Waals surface area contributed by atoms with Crippen LogP contribution in [0.4, 0.5) is 0 Å². The molecule has 0 aromatic carbocycles. The normalized spacial score (nSPS) is 21.3. The van der Waals surface area contributed by atoms with Crippen LogP contribution in [-0.4, -0.2) is 18.7 Å². The second kappa shape index (κ2) is 7.42. The Morgan fingerprint density at radius 1 is 1.28 bits per heavy atom. The summed E-state index contributed by atoms with van der Waals surface area (Å²) in [4.78, 5) is 0. The minimum Gasteiger partial charge on any atom is -0.488 e. The largest absolute Gasteiger partial charge is 0.488 e. The van der Waals surface area contributed by atoms with E-state index in [2.05, 4.69) is 38.2 Å². The first-order valence-electron chi connectivity index (χ1n) is 7.00. The number of rotatable bonds is 5. The van der Waals surface area contributed by atoms with Crippen molar-refractivity contribution < 1.29 is 4.74 Å². The van der Waals surface area contributed by atoms with Crippen molar-refractivity contribution in [2.45, 2.75) is 52.6 Å². The fourth-order valence-corrected chi connectivity index (χ4v) is 2.01. The first kappa shape index (κ1) is 15.0. The van der Waals surface area contributed by atoms with Gasteiger partial charge in [0, 0.05) is 0 Å². The van der Waals surface area contributed by atoms with E-state index >= 15 is 0 Å². The van der Waals surface area contributed by atoms with Crippen molar-refractivity contribution in [2.75, 3.05) is 13.1 Å². The summed E-state index contributed by atoms with van der Waals surface area (Å²) < 4.78 is 6.30. The van der Waals surface area contributed by atoms with Crippen LogP contribution in [0.5, 0.6) is 0 Å². The molecule has 0 bridgehead atoms. The van der Waals surface area contributed by atoms with Gasteiger partial charge in [-0.2, -0.15) is 0 Å². The summed E-state index contributed by atoms with van der Waals surface area (Å²) >= 11 is 0. The molecule has 0 atom stereocenters. The van der Waals surface area contributed by atoms with Gasteiger partial charge in [-0.05, 0) is 64.8 Å². The third-order valence-corrected chi connectivity index (χ3v) is 3.52. The average Bonchev–Trinajstić information content (AvgIpc) is 2.37. The molecule has 0 unspecified atom stereocenters. The van der Waals surface area contributed by atoms with E-state index in [1.54, 1.807) is 0 Å². The molecule has 102 valence electrons. The van der Waals surface area contributed by atoms with Crippen LogP contribution in [0.2, 0.25) is 0 Å². The molecule has 1 aliphatic rings. The monoisotopic (exact) mass is 249 g/mol. The quantitative estimate of drug-likeness (QED) is 0.588. The maximum Gasteiger partial charge on any atom is 0.119 e. The van der Waals surface area contributed by atoms with Crippen LogP contribution in [0.1, 0.15) is 47.0 Å². The van der Waals surface area contributed by atoms with Gasteiger partial charge in [0.25, 0.3) is 0 Å². The predicted molar refractivity (Wildman–Crippen MR) is 78.5 cm³/mol. The molecule has 1 fully saturated rings. The molecular weight excluding hydrogens is 222 g/mol. The highest BCUT2D eigenvalue weighted by Crippen LogP contribution is 2.27. The molecule has 1 saturated heterocycles. The molecule has 0 aromatic rings. The molecule has 1 heterocycles. The number of nitrogens with one attached hydrogen (secondary N) is 1. The van der Waals surface area contributed by atoms with Crippen molar-refractivity contribution >= 4 is 0 Å². The third-order valence-electron chi connectivity index (χ3n) is 3.52. The second-order valence-electron chi connectivity index (χ2n) is 5.19. The number of piperidine rings is 1. The Labute approximate surface area is 112 Å². The Hall–Kier alpha value is -1.02. The molecule has 2 heteroatoms. The van der Waals surface area contributed by atoms with Gasteiger partial charge in [-0.25, -0.2) is 0 Å². The van der Waals surface area contributed by atoms with Crippen LogP contribution < -0.4 is 5.32 Å². The SMILES string of the molecule is C/C=C\C=C/C(OC1(C)CCNCC1)=C(C)CC. The van der Waals surface area contributed by atoms with Crippen LogP contribution in [0.15, 0.2) is 35.6 Å². The highest BCUT2D eigenvalue weighted by Gasteiger charge is 2.29. The van der Waals surface area contributed by atoms with E-state index in [0.717, 1.165) is 38.1 Å². The second-order valence-corrected chi connectivity index (χ2v) is 5.19. The molecule has 0 radical (unpaired) electrons. The minimum atomic E-state index is -0.0166. The topological polar surface area (TPSA) is 21.3 Å². The Morgan fingerprint density at radius 2 is 1.94 bits per heavy atom. The van der Waals surface area contributed by atoms with Crippen LogP contribution in [-0.2, 0) is 4.74 Å². The first-order valence-corrected chi connectivity index (χ1v) is 7.00. The molecule has 2 nitrogen and oxygen atoms in total. The van der Waals surface area contributed by atoms with Crippen molar-refractivity contribution in [1.29, 1.82) is 0 Å². The fourth-order valence-electron chi connectivity index (χ4n) is 2.01. The summed E-state index contributed by atoms with van der Waals surface area (Å²) in [6.07, 6.45) is 11.4. The van der Waals surface area contributed by atoms with E-state index in [4.69, 9.17) is 4.74 Å². The number of hydrogen-bond donors (Lipinski definition) is 1. The average molecular weight is 249 g/mol. The number of ether oxygens (including phenoxy) is 1. The summed E-state index contributed by atoms with van der Waals surface area (Å²) in [5.41, 5.74) is 1.30.